The Balaban J connectivity index is 2.54. The Kier molecular flexibility index (Phi) is 1.21. The lowest BCUT2D eigenvalue weighted by molar-refractivity contribution is 0.352. The van der Waals surface area contributed by atoms with Gasteiger partial charge in [0, 0.05) is 5.56 Å². The molecule has 0 aliphatic carbocycles. The third-order valence-electron chi connectivity index (χ3n) is 1.42. The summed E-state index contributed by atoms with van der Waals surface area (Å²) in [7, 11) is 0. The van der Waals surface area contributed by atoms with Gasteiger partial charge in [0.25, 0.3) is 0 Å². The summed E-state index contributed by atoms with van der Waals surface area (Å²) in [5, 5.41) is 0. The number of ether oxygens (including phenoxy) is 1. The van der Waals surface area contributed by atoms with Gasteiger partial charge in [-0.2, -0.15) is 0 Å². The van der Waals surface area contributed by atoms with Crippen LogP contribution in [0.3, 0.4) is 0 Å². The Bertz CT molecular complexity index is 263. The zero-order valence-electron chi connectivity index (χ0n) is 5.42. The quantitative estimate of drug-likeness (QED) is 0.519. The van der Waals surface area contributed by atoms with Gasteiger partial charge in [-0.15, -0.1) is 0 Å². The zero-order chi connectivity index (χ0) is 6.81. The molecule has 0 bridgehead atoms. The molecule has 1 aromatic carbocycles. The molecule has 1 aliphatic heterocycles. The Morgan fingerprint density at radius 3 is 3.40 bits per heavy atom. The molecule has 0 fully saturated rings. The van der Waals surface area contributed by atoms with Gasteiger partial charge in [0.15, 0.2) is 0 Å². The zero-order valence-corrected chi connectivity index (χ0v) is 5.42. The van der Waals surface area contributed by atoms with Crippen LogP contribution >= 0.6 is 0 Å². The molecule has 1 heterocycles. The number of hydrogen-bond donors (Lipinski definition) is 0. The highest BCUT2D eigenvalue weighted by Crippen LogP contribution is 2.21. The standard InChI is InChI=1S/C9H6O/c1-2-6-9-8(4-1)5-3-7-10-9/h2,4-6H,7H2. The van der Waals surface area contributed by atoms with Crippen molar-refractivity contribution in [1.82, 2.24) is 0 Å². The van der Waals surface area contributed by atoms with Crippen molar-refractivity contribution in [3.63, 3.8) is 0 Å². The number of benzene rings is 1. The largest absolute Gasteiger partial charge is 0.488 e. The van der Waals surface area contributed by atoms with E-state index in [2.05, 4.69) is 12.1 Å². The lowest BCUT2D eigenvalue weighted by Crippen LogP contribution is -1.99. The molecule has 1 aromatic rings. The van der Waals surface area contributed by atoms with Gasteiger partial charge in [0.05, 0.1) is 0 Å². The third kappa shape index (κ3) is 0.798. The molecule has 0 aromatic heterocycles. The molecular weight excluding hydrogens is 124 g/mol. The molecule has 2 radical (unpaired) electrons. The highest BCUT2D eigenvalue weighted by Gasteiger charge is 2.01. The van der Waals surface area contributed by atoms with E-state index < -0.39 is 0 Å². The second kappa shape index (κ2) is 2.18. The van der Waals surface area contributed by atoms with Crippen molar-refractivity contribution in [2.45, 2.75) is 0 Å². The summed E-state index contributed by atoms with van der Waals surface area (Å²) in [5.41, 5.74) is 1.06. The van der Waals surface area contributed by atoms with Crippen LogP contribution in [0.25, 0.3) is 6.08 Å². The monoisotopic (exact) mass is 130 g/mol. The van der Waals surface area contributed by atoms with E-state index in [0.717, 1.165) is 11.3 Å². The fourth-order valence-electron chi connectivity index (χ4n) is 0.944. The van der Waals surface area contributed by atoms with Gasteiger partial charge in [-0.3, -0.25) is 0 Å². The van der Waals surface area contributed by atoms with Crippen molar-refractivity contribution in [2.75, 3.05) is 6.61 Å². The lowest BCUT2D eigenvalue weighted by Gasteiger charge is -2.09. The van der Waals surface area contributed by atoms with Crippen molar-refractivity contribution in [3.05, 3.63) is 35.9 Å². The van der Waals surface area contributed by atoms with Gasteiger partial charge in [0.2, 0.25) is 0 Å². The first-order chi connectivity index (χ1) is 4.97. The molecule has 0 spiro atoms. The van der Waals surface area contributed by atoms with Crippen LogP contribution in [0.5, 0.6) is 5.75 Å². The number of fused-ring (bicyclic) bond motifs is 1. The Hall–Kier alpha value is -1.24. The van der Waals surface area contributed by atoms with Gasteiger partial charge < -0.3 is 4.74 Å². The molecule has 48 valence electrons. The second-order valence-corrected chi connectivity index (χ2v) is 2.10. The predicted molar refractivity (Wildman–Crippen MR) is 38.5 cm³/mol. The first-order valence-electron chi connectivity index (χ1n) is 3.16. The van der Waals surface area contributed by atoms with E-state index in [1.807, 2.05) is 24.3 Å². The summed E-state index contributed by atoms with van der Waals surface area (Å²) in [6.45, 7) is 0.566. The minimum atomic E-state index is 0.566. The van der Waals surface area contributed by atoms with Crippen LogP contribution in [0.2, 0.25) is 0 Å². The van der Waals surface area contributed by atoms with Gasteiger partial charge in [-0.1, -0.05) is 6.07 Å². The Labute approximate surface area is 59.9 Å². The molecule has 10 heavy (non-hydrogen) atoms. The van der Waals surface area contributed by atoms with Crippen molar-refractivity contribution >= 4 is 6.08 Å². The molecule has 1 aliphatic rings. The average molecular weight is 130 g/mol. The molecular formula is C9H6O. The summed E-state index contributed by atoms with van der Waals surface area (Å²) < 4.78 is 5.26. The van der Waals surface area contributed by atoms with Gasteiger partial charge in [0.1, 0.15) is 12.4 Å². The smallest absolute Gasteiger partial charge is 0.127 e. The number of hydrogen-bond acceptors (Lipinski definition) is 1. The number of rotatable bonds is 0. The summed E-state index contributed by atoms with van der Waals surface area (Å²) in [4.78, 5) is 0. The van der Waals surface area contributed by atoms with Crippen LogP contribution in [0.1, 0.15) is 5.56 Å². The fourth-order valence-corrected chi connectivity index (χ4v) is 0.944. The third-order valence-corrected chi connectivity index (χ3v) is 1.42. The van der Waals surface area contributed by atoms with E-state index in [4.69, 9.17) is 4.74 Å². The second-order valence-electron chi connectivity index (χ2n) is 2.10. The van der Waals surface area contributed by atoms with Crippen molar-refractivity contribution in [1.29, 1.82) is 0 Å². The van der Waals surface area contributed by atoms with E-state index in [1.54, 1.807) is 0 Å². The molecule has 2 rings (SSSR count). The van der Waals surface area contributed by atoms with Gasteiger partial charge in [-0.05, 0) is 30.4 Å². The Morgan fingerprint density at radius 1 is 1.50 bits per heavy atom. The first-order valence-corrected chi connectivity index (χ1v) is 3.16. The molecule has 0 saturated carbocycles. The average Bonchev–Trinajstić information content (AvgIpc) is 2.05. The molecule has 0 saturated heterocycles. The molecule has 0 N–H and O–H groups in total. The van der Waals surface area contributed by atoms with Crippen molar-refractivity contribution in [3.8, 4) is 5.75 Å². The SMILES string of the molecule is [C]1=Cc2c[c]ccc2OC1. The maximum Gasteiger partial charge on any atom is 0.127 e. The fraction of sp³-hybridized carbons (Fsp3) is 0.111. The first kappa shape index (κ1) is 5.54. The maximum atomic E-state index is 5.26. The van der Waals surface area contributed by atoms with Crippen molar-refractivity contribution < 1.29 is 4.74 Å². The topological polar surface area (TPSA) is 9.23 Å². The molecule has 0 unspecified atom stereocenters. The summed E-state index contributed by atoms with van der Waals surface area (Å²) in [6, 6.07) is 8.61. The minimum absolute atomic E-state index is 0.566. The highest BCUT2D eigenvalue weighted by molar-refractivity contribution is 5.57. The predicted octanol–water partition coefficient (Wildman–Crippen LogP) is 1.70. The van der Waals surface area contributed by atoms with E-state index in [-0.39, 0.29) is 0 Å². The summed E-state index contributed by atoms with van der Waals surface area (Å²) in [5.74, 6) is 0.928. The van der Waals surface area contributed by atoms with E-state index in [1.165, 1.54) is 0 Å². The molecule has 1 heteroatoms. The van der Waals surface area contributed by atoms with Gasteiger partial charge in [-0.25, -0.2) is 0 Å². The van der Waals surface area contributed by atoms with E-state index in [9.17, 15) is 0 Å². The maximum absolute atomic E-state index is 5.26. The van der Waals surface area contributed by atoms with E-state index >= 15 is 0 Å². The summed E-state index contributed by atoms with van der Waals surface area (Å²) >= 11 is 0. The summed E-state index contributed by atoms with van der Waals surface area (Å²) in [6.07, 6.45) is 4.90. The van der Waals surface area contributed by atoms with Crippen LogP contribution in [0.15, 0.2) is 18.2 Å². The normalized spacial score (nSPS) is 14.0. The van der Waals surface area contributed by atoms with E-state index in [0.29, 0.717) is 6.61 Å². The van der Waals surface area contributed by atoms with Crippen LogP contribution in [-0.4, -0.2) is 6.61 Å². The molecule has 1 nitrogen and oxygen atoms in total. The Morgan fingerprint density at radius 2 is 2.50 bits per heavy atom. The van der Waals surface area contributed by atoms with Gasteiger partial charge >= 0.3 is 0 Å². The minimum Gasteiger partial charge on any atom is -0.488 e. The lowest BCUT2D eigenvalue weighted by atomic mass is 10.1. The molecule has 0 amide bonds. The van der Waals surface area contributed by atoms with Crippen LogP contribution < -0.4 is 4.74 Å². The van der Waals surface area contributed by atoms with Crippen LogP contribution in [0.4, 0.5) is 0 Å². The van der Waals surface area contributed by atoms with Crippen LogP contribution in [-0.2, 0) is 0 Å². The van der Waals surface area contributed by atoms with Crippen LogP contribution in [0, 0.1) is 12.1 Å². The van der Waals surface area contributed by atoms with Crippen molar-refractivity contribution in [2.24, 2.45) is 0 Å². The molecule has 0 atom stereocenters. The highest BCUT2D eigenvalue weighted by atomic mass is 16.5.